The monoisotopic (exact) mass is 280 g/mol. The van der Waals surface area contributed by atoms with Crippen molar-refractivity contribution in [2.75, 3.05) is 13.1 Å². The van der Waals surface area contributed by atoms with Gasteiger partial charge in [0.2, 0.25) is 5.91 Å². The lowest BCUT2D eigenvalue weighted by Crippen LogP contribution is -2.35. The van der Waals surface area contributed by atoms with Crippen molar-refractivity contribution in [1.82, 2.24) is 10.2 Å². The van der Waals surface area contributed by atoms with Crippen LogP contribution in [0.1, 0.15) is 17.0 Å². The Balaban J connectivity index is 1.93. The van der Waals surface area contributed by atoms with E-state index in [1.807, 2.05) is 60.7 Å². The average Bonchev–Trinajstić information content (AvgIpc) is 2.85. The summed E-state index contributed by atoms with van der Waals surface area (Å²) in [5.74, 6) is -0.183. The minimum Gasteiger partial charge on any atom is -0.329 e. The van der Waals surface area contributed by atoms with Crippen LogP contribution < -0.4 is 5.32 Å². The molecule has 0 spiro atoms. The van der Waals surface area contributed by atoms with Crippen LogP contribution in [0.3, 0.4) is 0 Å². The van der Waals surface area contributed by atoms with Gasteiger partial charge in [-0.15, -0.1) is 0 Å². The normalized spacial score (nSPS) is 14.6. The van der Waals surface area contributed by atoms with Gasteiger partial charge in [-0.2, -0.15) is 0 Å². The van der Waals surface area contributed by atoms with E-state index in [-0.39, 0.29) is 24.4 Å². The number of benzene rings is 2. The average molecular weight is 280 g/mol. The second-order valence-electron chi connectivity index (χ2n) is 5.04. The molecule has 0 radical (unpaired) electrons. The Morgan fingerprint density at radius 2 is 1.43 bits per heavy atom. The van der Waals surface area contributed by atoms with Crippen LogP contribution in [-0.4, -0.2) is 29.9 Å². The van der Waals surface area contributed by atoms with Crippen molar-refractivity contribution in [2.24, 2.45) is 0 Å². The Hall–Kier alpha value is -2.62. The number of hydrogen-bond donors (Lipinski definition) is 1. The van der Waals surface area contributed by atoms with E-state index in [1.54, 1.807) is 0 Å². The van der Waals surface area contributed by atoms with Crippen molar-refractivity contribution in [3.05, 3.63) is 71.8 Å². The smallest absolute Gasteiger partial charge is 0.324 e. The summed E-state index contributed by atoms with van der Waals surface area (Å²) in [7, 11) is 0. The first-order chi connectivity index (χ1) is 10.3. The van der Waals surface area contributed by atoms with E-state index < -0.39 is 0 Å². The summed E-state index contributed by atoms with van der Waals surface area (Å²) < 4.78 is 0. The molecule has 2 aromatic rings. The van der Waals surface area contributed by atoms with Crippen LogP contribution in [0.25, 0.3) is 0 Å². The maximum atomic E-state index is 11.8. The maximum absolute atomic E-state index is 11.8. The van der Waals surface area contributed by atoms with Crippen LogP contribution in [0.4, 0.5) is 4.79 Å². The first-order valence-corrected chi connectivity index (χ1v) is 6.94. The summed E-state index contributed by atoms with van der Waals surface area (Å²) >= 11 is 0. The molecule has 1 heterocycles. The molecule has 4 heteroatoms. The van der Waals surface area contributed by atoms with Gasteiger partial charge in [-0.25, -0.2) is 4.79 Å². The first kappa shape index (κ1) is 13.4. The molecule has 21 heavy (non-hydrogen) atoms. The van der Waals surface area contributed by atoms with Crippen molar-refractivity contribution in [1.29, 1.82) is 0 Å². The molecule has 0 aliphatic carbocycles. The number of rotatable bonds is 4. The second-order valence-corrected chi connectivity index (χ2v) is 5.04. The standard InChI is InChI=1S/C17H16N2O2/c20-16-11-18-17(21)19(16)12-15(13-7-3-1-4-8-13)14-9-5-2-6-10-14/h1-10,15H,11-12H2,(H,18,21). The SMILES string of the molecule is O=C1CNC(=O)N1CC(c1ccccc1)c1ccccc1. The van der Waals surface area contributed by atoms with Gasteiger partial charge < -0.3 is 5.32 Å². The van der Waals surface area contributed by atoms with Crippen LogP contribution in [0.15, 0.2) is 60.7 Å². The van der Waals surface area contributed by atoms with E-state index >= 15 is 0 Å². The van der Waals surface area contributed by atoms with Gasteiger partial charge in [0.05, 0.1) is 6.54 Å². The highest BCUT2D eigenvalue weighted by atomic mass is 16.2. The van der Waals surface area contributed by atoms with Gasteiger partial charge in [0.25, 0.3) is 0 Å². The number of imide groups is 1. The van der Waals surface area contributed by atoms with Crippen molar-refractivity contribution >= 4 is 11.9 Å². The lowest BCUT2D eigenvalue weighted by molar-refractivity contribution is -0.125. The molecule has 1 fully saturated rings. The number of nitrogens with one attached hydrogen (secondary N) is 1. The molecule has 1 saturated heterocycles. The number of carbonyl (C=O) groups excluding carboxylic acids is 2. The molecule has 0 unspecified atom stereocenters. The molecule has 3 amide bonds. The van der Waals surface area contributed by atoms with Crippen LogP contribution in [0, 0.1) is 0 Å². The third-order valence-electron chi connectivity index (χ3n) is 3.71. The van der Waals surface area contributed by atoms with Gasteiger partial charge in [0, 0.05) is 12.5 Å². The van der Waals surface area contributed by atoms with Crippen LogP contribution >= 0.6 is 0 Å². The van der Waals surface area contributed by atoms with Gasteiger partial charge in [0.15, 0.2) is 0 Å². The molecule has 1 aliphatic heterocycles. The summed E-state index contributed by atoms with van der Waals surface area (Å²) in [5.41, 5.74) is 2.19. The number of nitrogens with zero attached hydrogens (tertiary/aromatic N) is 1. The Morgan fingerprint density at radius 3 is 1.86 bits per heavy atom. The largest absolute Gasteiger partial charge is 0.329 e. The summed E-state index contributed by atoms with van der Waals surface area (Å²) in [5, 5.41) is 2.57. The molecule has 2 aromatic carbocycles. The van der Waals surface area contributed by atoms with E-state index in [2.05, 4.69) is 5.32 Å². The molecule has 0 saturated carbocycles. The Bertz CT molecular complexity index is 585. The van der Waals surface area contributed by atoms with Crippen LogP contribution in [0.2, 0.25) is 0 Å². The molecule has 1 N–H and O–H groups in total. The molecule has 4 nitrogen and oxygen atoms in total. The number of amides is 3. The second kappa shape index (κ2) is 5.79. The molecular formula is C17H16N2O2. The quantitative estimate of drug-likeness (QED) is 0.874. The number of urea groups is 1. The zero-order valence-corrected chi connectivity index (χ0v) is 11.5. The molecule has 3 rings (SSSR count). The molecule has 1 aliphatic rings. The van der Waals surface area contributed by atoms with E-state index in [4.69, 9.17) is 0 Å². The predicted octanol–water partition coefficient (Wildman–Crippen LogP) is 2.37. The first-order valence-electron chi connectivity index (χ1n) is 6.94. The van der Waals surface area contributed by atoms with Crippen molar-refractivity contribution in [3.63, 3.8) is 0 Å². The summed E-state index contributed by atoms with van der Waals surface area (Å²) in [4.78, 5) is 24.9. The zero-order chi connectivity index (χ0) is 14.7. The van der Waals surface area contributed by atoms with E-state index in [0.717, 1.165) is 11.1 Å². The zero-order valence-electron chi connectivity index (χ0n) is 11.5. The lowest BCUT2D eigenvalue weighted by atomic mass is 9.91. The predicted molar refractivity (Wildman–Crippen MR) is 79.8 cm³/mol. The van der Waals surface area contributed by atoms with Gasteiger partial charge in [0.1, 0.15) is 0 Å². The summed E-state index contributed by atoms with van der Waals surface area (Å²) in [6.07, 6.45) is 0. The van der Waals surface area contributed by atoms with Gasteiger partial charge in [-0.1, -0.05) is 60.7 Å². The molecular weight excluding hydrogens is 264 g/mol. The highest BCUT2D eigenvalue weighted by Crippen LogP contribution is 2.26. The molecule has 0 aromatic heterocycles. The molecule has 0 atom stereocenters. The van der Waals surface area contributed by atoms with Gasteiger partial charge >= 0.3 is 6.03 Å². The third-order valence-corrected chi connectivity index (χ3v) is 3.71. The lowest BCUT2D eigenvalue weighted by Gasteiger charge is -2.22. The van der Waals surface area contributed by atoms with Crippen molar-refractivity contribution in [3.8, 4) is 0 Å². The van der Waals surface area contributed by atoms with Crippen molar-refractivity contribution in [2.45, 2.75) is 5.92 Å². The van der Waals surface area contributed by atoms with E-state index in [1.165, 1.54) is 4.90 Å². The third kappa shape index (κ3) is 2.79. The van der Waals surface area contributed by atoms with Gasteiger partial charge in [-0.3, -0.25) is 9.69 Å². The topological polar surface area (TPSA) is 49.4 Å². The Morgan fingerprint density at radius 1 is 0.905 bits per heavy atom. The highest BCUT2D eigenvalue weighted by Gasteiger charge is 2.31. The fourth-order valence-corrected chi connectivity index (χ4v) is 2.60. The maximum Gasteiger partial charge on any atom is 0.324 e. The Kier molecular flexibility index (Phi) is 3.69. The summed E-state index contributed by atoms with van der Waals surface area (Å²) in [6.45, 7) is 0.452. The van der Waals surface area contributed by atoms with Crippen molar-refractivity contribution < 1.29 is 9.59 Å². The summed E-state index contributed by atoms with van der Waals surface area (Å²) in [6, 6.07) is 19.6. The van der Waals surface area contributed by atoms with E-state index in [0.29, 0.717) is 6.54 Å². The molecule has 106 valence electrons. The van der Waals surface area contributed by atoms with Crippen LogP contribution in [0.5, 0.6) is 0 Å². The fourth-order valence-electron chi connectivity index (χ4n) is 2.60. The number of hydrogen-bond acceptors (Lipinski definition) is 2. The number of carbonyl (C=O) groups is 2. The van der Waals surface area contributed by atoms with Crippen LogP contribution in [-0.2, 0) is 4.79 Å². The Labute approximate surface area is 123 Å². The van der Waals surface area contributed by atoms with E-state index in [9.17, 15) is 9.59 Å². The minimum absolute atomic E-state index is 0.0137. The fraction of sp³-hybridized carbons (Fsp3) is 0.176. The minimum atomic E-state index is -0.308. The highest BCUT2D eigenvalue weighted by molar-refractivity contribution is 6.02. The molecule has 0 bridgehead atoms. The van der Waals surface area contributed by atoms with Gasteiger partial charge in [-0.05, 0) is 11.1 Å².